The van der Waals surface area contributed by atoms with Crippen LogP contribution in [0, 0.1) is 13.8 Å². The van der Waals surface area contributed by atoms with E-state index in [4.69, 9.17) is 0 Å². The molecule has 1 aromatic carbocycles. The lowest BCUT2D eigenvalue weighted by atomic mass is 9.95. The second-order valence-electron chi connectivity index (χ2n) is 7.58. The summed E-state index contributed by atoms with van der Waals surface area (Å²) in [6.45, 7) is 4.07. The van der Waals surface area contributed by atoms with Crippen LogP contribution >= 0.6 is 0 Å². The van der Waals surface area contributed by atoms with Gasteiger partial charge in [-0.05, 0) is 38.8 Å². The van der Waals surface area contributed by atoms with Crippen LogP contribution in [0.25, 0.3) is 5.69 Å². The van der Waals surface area contributed by atoms with Gasteiger partial charge in [0.2, 0.25) is 5.91 Å². The molecule has 0 unspecified atom stereocenters. The summed E-state index contributed by atoms with van der Waals surface area (Å²) in [4.78, 5) is 15.0. The number of carbonyl (C=O) groups is 1. The predicted octanol–water partition coefficient (Wildman–Crippen LogP) is 4.60. The van der Waals surface area contributed by atoms with E-state index in [9.17, 15) is 4.79 Å². The Bertz CT molecular complexity index is 727. The van der Waals surface area contributed by atoms with Crippen molar-refractivity contribution in [3.8, 4) is 5.69 Å². The molecule has 140 valence electrons. The summed E-state index contributed by atoms with van der Waals surface area (Å²) in [5, 5.41) is 4.68. The van der Waals surface area contributed by atoms with E-state index in [0.29, 0.717) is 12.5 Å². The van der Waals surface area contributed by atoms with E-state index in [-0.39, 0.29) is 5.91 Å². The van der Waals surface area contributed by atoms with Gasteiger partial charge in [0.25, 0.3) is 0 Å². The maximum Gasteiger partial charge on any atom is 0.227 e. The van der Waals surface area contributed by atoms with Crippen LogP contribution in [0.4, 0.5) is 0 Å². The number of aromatic nitrogens is 2. The van der Waals surface area contributed by atoms with Crippen molar-refractivity contribution in [3.63, 3.8) is 0 Å². The van der Waals surface area contributed by atoms with Crippen LogP contribution in [0.5, 0.6) is 0 Å². The van der Waals surface area contributed by atoms with Gasteiger partial charge < -0.3 is 4.90 Å². The molecule has 0 N–H and O–H groups in total. The highest BCUT2D eigenvalue weighted by Crippen LogP contribution is 2.23. The minimum atomic E-state index is 0.217. The van der Waals surface area contributed by atoms with Crippen LogP contribution in [-0.4, -0.2) is 33.7 Å². The zero-order chi connectivity index (χ0) is 18.5. The van der Waals surface area contributed by atoms with Crippen LogP contribution in [0.3, 0.4) is 0 Å². The molecule has 1 aromatic heterocycles. The van der Waals surface area contributed by atoms with Gasteiger partial charge in [-0.15, -0.1) is 0 Å². The van der Waals surface area contributed by atoms with E-state index in [0.717, 1.165) is 35.5 Å². The molecular weight excluding hydrogens is 322 g/mol. The largest absolute Gasteiger partial charge is 0.342 e. The number of hydrogen-bond donors (Lipinski definition) is 0. The van der Waals surface area contributed by atoms with Crippen molar-refractivity contribution < 1.29 is 4.79 Å². The lowest BCUT2D eigenvalue weighted by Crippen LogP contribution is -2.38. The van der Waals surface area contributed by atoms with Crippen molar-refractivity contribution >= 4 is 5.91 Å². The van der Waals surface area contributed by atoms with Crippen molar-refractivity contribution in [3.05, 3.63) is 47.3 Å². The number of benzene rings is 1. The maximum atomic E-state index is 12.9. The number of para-hydroxylation sites is 1. The summed E-state index contributed by atoms with van der Waals surface area (Å²) in [5.74, 6) is 0.217. The molecule has 0 saturated heterocycles. The molecule has 26 heavy (non-hydrogen) atoms. The van der Waals surface area contributed by atoms with Crippen molar-refractivity contribution in [2.45, 2.75) is 71.3 Å². The minimum absolute atomic E-state index is 0.217. The first-order chi connectivity index (χ1) is 12.6. The standard InChI is InChI=1S/C22H31N3O/c1-17-21(18(2)25(23-17)20-14-10-7-11-15-20)16-22(26)24(3)19-12-8-5-4-6-9-13-19/h7,10-11,14-15,19H,4-6,8-9,12-13,16H2,1-3H3. The highest BCUT2D eigenvalue weighted by atomic mass is 16.2. The Kier molecular flexibility index (Phi) is 6.12. The van der Waals surface area contributed by atoms with Crippen LogP contribution in [-0.2, 0) is 11.2 Å². The third kappa shape index (κ3) is 4.17. The van der Waals surface area contributed by atoms with Crippen LogP contribution in [0.2, 0.25) is 0 Å². The molecule has 0 radical (unpaired) electrons. The van der Waals surface area contributed by atoms with Gasteiger partial charge in [0, 0.05) is 24.3 Å². The van der Waals surface area contributed by atoms with E-state index >= 15 is 0 Å². The van der Waals surface area contributed by atoms with Crippen LogP contribution < -0.4 is 0 Å². The molecule has 2 aromatic rings. The first-order valence-electron chi connectivity index (χ1n) is 9.94. The molecule has 1 aliphatic carbocycles. The fourth-order valence-electron chi connectivity index (χ4n) is 4.05. The van der Waals surface area contributed by atoms with E-state index in [1.54, 1.807) is 0 Å². The maximum absolute atomic E-state index is 12.9. The Morgan fingerprint density at radius 1 is 1.08 bits per heavy atom. The first-order valence-corrected chi connectivity index (χ1v) is 9.94. The number of rotatable bonds is 4. The lowest BCUT2D eigenvalue weighted by molar-refractivity contribution is -0.131. The Hall–Kier alpha value is -2.10. The van der Waals surface area contributed by atoms with Gasteiger partial charge in [-0.3, -0.25) is 4.79 Å². The number of amides is 1. The van der Waals surface area contributed by atoms with Crippen LogP contribution in [0.15, 0.2) is 30.3 Å². The number of hydrogen-bond acceptors (Lipinski definition) is 2. The number of nitrogens with zero attached hydrogens (tertiary/aromatic N) is 3. The average Bonchev–Trinajstić information content (AvgIpc) is 2.90. The molecular formula is C22H31N3O. The first kappa shape index (κ1) is 18.7. The minimum Gasteiger partial charge on any atom is -0.342 e. The van der Waals surface area contributed by atoms with Gasteiger partial charge in [0.05, 0.1) is 17.8 Å². The van der Waals surface area contributed by atoms with E-state index in [2.05, 4.69) is 12.0 Å². The molecule has 4 heteroatoms. The van der Waals surface area contributed by atoms with Crippen molar-refractivity contribution in [1.82, 2.24) is 14.7 Å². The predicted molar refractivity (Wildman–Crippen MR) is 106 cm³/mol. The van der Waals surface area contributed by atoms with Gasteiger partial charge >= 0.3 is 0 Å². The van der Waals surface area contributed by atoms with Gasteiger partial charge in [-0.2, -0.15) is 5.10 Å². The van der Waals surface area contributed by atoms with Crippen molar-refractivity contribution in [2.24, 2.45) is 0 Å². The SMILES string of the molecule is Cc1nn(-c2ccccc2)c(C)c1CC(=O)N(C)C1CCCCCCC1. The zero-order valence-corrected chi connectivity index (χ0v) is 16.4. The topological polar surface area (TPSA) is 38.1 Å². The van der Waals surface area contributed by atoms with Crippen LogP contribution in [0.1, 0.15) is 61.9 Å². The normalized spacial score (nSPS) is 16.1. The molecule has 3 rings (SSSR count). The fourth-order valence-corrected chi connectivity index (χ4v) is 4.05. The van der Waals surface area contributed by atoms with E-state index < -0.39 is 0 Å². The van der Waals surface area contributed by atoms with E-state index in [1.165, 1.54) is 32.1 Å². The fraction of sp³-hybridized carbons (Fsp3) is 0.545. The van der Waals surface area contributed by atoms with Gasteiger partial charge in [-0.25, -0.2) is 4.68 Å². The highest BCUT2D eigenvalue weighted by Gasteiger charge is 2.23. The summed E-state index contributed by atoms with van der Waals surface area (Å²) in [6.07, 6.45) is 9.17. The number of likely N-dealkylation sites (N-methyl/N-ethyl adjacent to an activating group) is 1. The molecule has 1 fully saturated rings. The number of aryl methyl sites for hydroxylation is 1. The quantitative estimate of drug-likeness (QED) is 0.805. The lowest BCUT2D eigenvalue weighted by Gasteiger charge is -2.30. The van der Waals surface area contributed by atoms with E-state index in [1.807, 2.05) is 53.9 Å². The van der Waals surface area contributed by atoms with Crippen molar-refractivity contribution in [2.75, 3.05) is 7.05 Å². The monoisotopic (exact) mass is 353 g/mol. The Morgan fingerprint density at radius 2 is 1.69 bits per heavy atom. The summed E-state index contributed by atoms with van der Waals surface area (Å²) < 4.78 is 1.95. The Labute approximate surface area is 157 Å². The molecule has 0 bridgehead atoms. The highest BCUT2D eigenvalue weighted by molar-refractivity contribution is 5.79. The third-order valence-electron chi connectivity index (χ3n) is 5.79. The summed E-state index contributed by atoms with van der Waals surface area (Å²) in [7, 11) is 1.99. The molecule has 1 aliphatic rings. The molecule has 4 nitrogen and oxygen atoms in total. The summed E-state index contributed by atoms with van der Waals surface area (Å²) in [6, 6.07) is 10.5. The molecule has 0 aliphatic heterocycles. The Morgan fingerprint density at radius 3 is 2.35 bits per heavy atom. The molecule has 1 amide bonds. The van der Waals surface area contributed by atoms with Gasteiger partial charge in [-0.1, -0.05) is 50.3 Å². The second kappa shape index (κ2) is 8.52. The molecule has 0 spiro atoms. The smallest absolute Gasteiger partial charge is 0.227 e. The van der Waals surface area contributed by atoms with Gasteiger partial charge in [0.15, 0.2) is 0 Å². The molecule has 1 heterocycles. The second-order valence-corrected chi connectivity index (χ2v) is 7.58. The van der Waals surface area contributed by atoms with Gasteiger partial charge in [0.1, 0.15) is 0 Å². The summed E-state index contributed by atoms with van der Waals surface area (Å²) >= 11 is 0. The number of carbonyl (C=O) groups excluding carboxylic acids is 1. The molecule has 1 saturated carbocycles. The van der Waals surface area contributed by atoms with Crippen molar-refractivity contribution in [1.29, 1.82) is 0 Å². The zero-order valence-electron chi connectivity index (χ0n) is 16.4. The molecule has 0 atom stereocenters. The Balaban J connectivity index is 1.73. The third-order valence-corrected chi connectivity index (χ3v) is 5.79. The summed E-state index contributed by atoms with van der Waals surface area (Å²) in [5.41, 5.74) is 4.12. The average molecular weight is 354 g/mol.